The molecule has 0 unspecified atom stereocenters. The molecule has 27 heavy (non-hydrogen) atoms. The zero-order valence-corrected chi connectivity index (χ0v) is 15.9. The molecule has 1 aliphatic heterocycles. The van der Waals surface area contributed by atoms with Gasteiger partial charge in [0.25, 0.3) is 0 Å². The summed E-state index contributed by atoms with van der Waals surface area (Å²) >= 11 is 0. The lowest BCUT2D eigenvalue weighted by Gasteiger charge is -2.25. The Labute approximate surface area is 158 Å². The quantitative estimate of drug-likeness (QED) is 0.395. The minimum Gasteiger partial charge on any atom is -0.480 e. The van der Waals surface area contributed by atoms with Crippen molar-refractivity contribution in [3.63, 3.8) is 0 Å². The Morgan fingerprint density at radius 2 is 1.78 bits per heavy atom. The van der Waals surface area contributed by atoms with Crippen molar-refractivity contribution in [2.45, 2.75) is 52.1 Å². The second-order valence-corrected chi connectivity index (χ2v) is 6.96. The predicted octanol–water partition coefficient (Wildman–Crippen LogP) is -1.15. The highest BCUT2D eigenvalue weighted by Gasteiger charge is 2.34. The van der Waals surface area contributed by atoms with Crippen LogP contribution in [0.4, 0.5) is 0 Å². The van der Waals surface area contributed by atoms with Crippen LogP contribution in [-0.2, 0) is 24.0 Å². The third kappa shape index (κ3) is 7.63. The van der Waals surface area contributed by atoms with Crippen molar-refractivity contribution in [2.75, 3.05) is 19.6 Å². The number of carboxylic acid groups (broad SMARTS) is 1. The van der Waals surface area contributed by atoms with Crippen molar-refractivity contribution >= 4 is 29.6 Å². The van der Waals surface area contributed by atoms with Crippen LogP contribution in [0.25, 0.3) is 0 Å². The molecule has 0 radical (unpaired) electrons. The molecule has 0 aromatic carbocycles. The lowest BCUT2D eigenvalue weighted by molar-refractivity contribution is -0.141. The standard InChI is InChI=1S/C17H28N4O6/c1-10(2)7-12(20-11(3)22)16(26)18-8-14(23)21-6-4-5-13(21)17(27)19-9-15(24)25/h10,12-13H,4-9H2,1-3H3,(H,18,26)(H,19,27)(H,20,22)(H,24,25)/t12-,13-/m0/s1. The summed E-state index contributed by atoms with van der Waals surface area (Å²) in [6.45, 7) is 4.70. The number of nitrogens with one attached hydrogen (secondary N) is 3. The third-order valence-corrected chi connectivity index (χ3v) is 4.10. The highest BCUT2D eigenvalue weighted by Crippen LogP contribution is 2.17. The smallest absolute Gasteiger partial charge is 0.322 e. The normalized spacial score (nSPS) is 17.3. The largest absolute Gasteiger partial charge is 0.480 e. The van der Waals surface area contributed by atoms with Gasteiger partial charge >= 0.3 is 5.97 Å². The monoisotopic (exact) mass is 384 g/mol. The molecule has 0 aromatic rings. The van der Waals surface area contributed by atoms with Crippen LogP contribution in [0, 0.1) is 5.92 Å². The van der Waals surface area contributed by atoms with Gasteiger partial charge in [-0.05, 0) is 25.2 Å². The number of likely N-dealkylation sites (tertiary alicyclic amines) is 1. The molecule has 1 rings (SSSR count). The van der Waals surface area contributed by atoms with Crippen LogP contribution in [0.15, 0.2) is 0 Å². The van der Waals surface area contributed by atoms with Gasteiger partial charge in [0, 0.05) is 13.5 Å². The van der Waals surface area contributed by atoms with E-state index in [1.807, 2.05) is 13.8 Å². The maximum atomic E-state index is 12.4. The average Bonchev–Trinajstić information content (AvgIpc) is 3.05. The summed E-state index contributed by atoms with van der Waals surface area (Å²) in [5, 5.41) is 16.0. The molecule has 0 bridgehead atoms. The van der Waals surface area contributed by atoms with E-state index in [9.17, 15) is 24.0 Å². The van der Waals surface area contributed by atoms with E-state index < -0.39 is 42.3 Å². The van der Waals surface area contributed by atoms with Gasteiger partial charge in [0.05, 0.1) is 6.54 Å². The van der Waals surface area contributed by atoms with Gasteiger partial charge in [-0.25, -0.2) is 0 Å². The summed E-state index contributed by atoms with van der Waals surface area (Å²) in [6, 6.07) is -1.47. The minimum absolute atomic E-state index is 0.171. The number of aliphatic carboxylic acids is 1. The van der Waals surface area contributed by atoms with Crippen molar-refractivity contribution in [3.05, 3.63) is 0 Å². The van der Waals surface area contributed by atoms with E-state index in [4.69, 9.17) is 5.11 Å². The van der Waals surface area contributed by atoms with Crippen LogP contribution in [0.5, 0.6) is 0 Å². The second kappa shape index (κ2) is 10.5. The van der Waals surface area contributed by atoms with Crippen LogP contribution in [0.3, 0.4) is 0 Å². The number of hydrogen-bond acceptors (Lipinski definition) is 5. The Balaban J connectivity index is 2.60. The van der Waals surface area contributed by atoms with E-state index in [2.05, 4.69) is 16.0 Å². The Morgan fingerprint density at radius 3 is 2.33 bits per heavy atom. The van der Waals surface area contributed by atoms with Crippen molar-refractivity contribution in [1.82, 2.24) is 20.9 Å². The Morgan fingerprint density at radius 1 is 1.11 bits per heavy atom. The molecule has 0 aromatic heterocycles. The fourth-order valence-electron chi connectivity index (χ4n) is 2.95. The van der Waals surface area contributed by atoms with E-state index in [1.54, 1.807) is 0 Å². The van der Waals surface area contributed by atoms with E-state index in [-0.39, 0.29) is 18.4 Å². The van der Waals surface area contributed by atoms with Crippen molar-refractivity contribution in [2.24, 2.45) is 5.92 Å². The molecule has 4 N–H and O–H groups in total. The highest BCUT2D eigenvalue weighted by atomic mass is 16.4. The first-order valence-electron chi connectivity index (χ1n) is 8.95. The van der Waals surface area contributed by atoms with Crippen LogP contribution in [0.2, 0.25) is 0 Å². The highest BCUT2D eigenvalue weighted by molar-refractivity contribution is 5.93. The van der Waals surface area contributed by atoms with Gasteiger partial charge in [0.2, 0.25) is 23.6 Å². The first-order chi connectivity index (χ1) is 12.6. The van der Waals surface area contributed by atoms with Crippen molar-refractivity contribution in [1.29, 1.82) is 0 Å². The lowest BCUT2D eigenvalue weighted by atomic mass is 10.0. The summed E-state index contributed by atoms with van der Waals surface area (Å²) in [5.74, 6) is -2.74. The molecular weight excluding hydrogens is 356 g/mol. The Hall–Kier alpha value is -2.65. The molecule has 1 fully saturated rings. The summed E-state index contributed by atoms with van der Waals surface area (Å²) in [5.41, 5.74) is 0. The fourth-order valence-corrected chi connectivity index (χ4v) is 2.95. The SMILES string of the molecule is CC(=O)N[C@@H](CC(C)C)C(=O)NCC(=O)N1CCC[C@H]1C(=O)NCC(=O)O. The fraction of sp³-hybridized carbons (Fsp3) is 0.706. The zero-order valence-electron chi connectivity index (χ0n) is 15.9. The molecule has 2 atom stereocenters. The number of carbonyl (C=O) groups excluding carboxylic acids is 4. The molecule has 10 heteroatoms. The number of hydrogen-bond donors (Lipinski definition) is 4. The van der Waals surface area contributed by atoms with Gasteiger partial charge < -0.3 is 26.0 Å². The molecule has 1 heterocycles. The zero-order chi connectivity index (χ0) is 20.6. The average molecular weight is 384 g/mol. The summed E-state index contributed by atoms with van der Waals surface area (Å²) in [4.78, 5) is 59.9. The number of amides is 4. The first-order valence-corrected chi connectivity index (χ1v) is 8.95. The van der Waals surface area contributed by atoms with Crippen LogP contribution >= 0.6 is 0 Å². The number of carbonyl (C=O) groups is 5. The van der Waals surface area contributed by atoms with Crippen molar-refractivity contribution in [3.8, 4) is 0 Å². The molecular formula is C17H28N4O6. The lowest BCUT2D eigenvalue weighted by Crippen LogP contribution is -2.52. The van der Waals surface area contributed by atoms with Gasteiger partial charge in [-0.15, -0.1) is 0 Å². The Kier molecular flexibility index (Phi) is 8.70. The van der Waals surface area contributed by atoms with E-state index in [1.165, 1.54) is 11.8 Å². The van der Waals surface area contributed by atoms with Gasteiger partial charge in [0.1, 0.15) is 18.6 Å². The van der Waals surface area contributed by atoms with Crippen LogP contribution in [-0.4, -0.2) is 71.3 Å². The van der Waals surface area contributed by atoms with E-state index in [0.29, 0.717) is 25.8 Å². The van der Waals surface area contributed by atoms with Gasteiger partial charge in [-0.3, -0.25) is 24.0 Å². The predicted molar refractivity (Wildman–Crippen MR) is 95.4 cm³/mol. The molecule has 10 nitrogen and oxygen atoms in total. The summed E-state index contributed by atoms with van der Waals surface area (Å²) in [7, 11) is 0. The van der Waals surface area contributed by atoms with Gasteiger partial charge in [0.15, 0.2) is 0 Å². The van der Waals surface area contributed by atoms with Crippen molar-refractivity contribution < 1.29 is 29.1 Å². The molecule has 1 aliphatic rings. The summed E-state index contributed by atoms with van der Waals surface area (Å²) in [6.07, 6.45) is 1.49. The molecule has 0 aliphatic carbocycles. The molecule has 0 spiro atoms. The van der Waals surface area contributed by atoms with Crippen LogP contribution in [0.1, 0.15) is 40.0 Å². The van der Waals surface area contributed by atoms with Gasteiger partial charge in [-0.2, -0.15) is 0 Å². The Bertz CT molecular complexity index is 592. The van der Waals surface area contributed by atoms with E-state index >= 15 is 0 Å². The number of nitrogens with zero attached hydrogens (tertiary/aromatic N) is 1. The summed E-state index contributed by atoms with van der Waals surface area (Å²) < 4.78 is 0. The molecule has 0 saturated carbocycles. The van der Waals surface area contributed by atoms with E-state index in [0.717, 1.165) is 0 Å². The number of rotatable bonds is 9. The maximum Gasteiger partial charge on any atom is 0.322 e. The second-order valence-electron chi connectivity index (χ2n) is 6.96. The topological polar surface area (TPSA) is 145 Å². The van der Waals surface area contributed by atoms with Gasteiger partial charge in [-0.1, -0.05) is 13.8 Å². The first kappa shape index (κ1) is 22.4. The van der Waals surface area contributed by atoms with Crippen LogP contribution < -0.4 is 16.0 Å². The minimum atomic E-state index is -1.17. The molecule has 1 saturated heterocycles. The molecule has 152 valence electrons. The maximum absolute atomic E-state index is 12.4. The number of carboxylic acids is 1. The third-order valence-electron chi connectivity index (χ3n) is 4.10. The molecule has 4 amide bonds.